The SMILES string of the molecule is CCn1nccc1C(O)N[C@H](c1cn2nc(C[C@H]3C[C@@H](C(F)(F)F)CNC3O)cnc2n1)C1CCC(F)(F)CC1. The standard InChI is InChI=1S/C25H33F5N8O2/c1-2-37-19(5-8-33-37)22(40)35-20(14-3-6-24(26,27)7-4-14)18-13-38-23(34-18)32-12-17(36-38)10-15-9-16(25(28,29)30)11-31-21(15)39/h5,8,12-16,20-22,31,35,39-40H,2-4,6-7,9-11H2,1H3/t15-,16-,20+,21?,22?/m1/s1. The molecule has 1 aliphatic carbocycles. The number of nitrogens with one attached hydrogen (secondary N) is 2. The maximum Gasteiger partial charge on any atom is 0.393 e. The number of aliphatic hydroxyl groups excluding tert-OH is 2. The normalized spacial score (nSPS) is 25.8. The number of rotatable bonds is 8. The van der Waals surface area contributed by atoms with Crippen LogP contribution in [-0.2, 0) is 13.0 Å². The fraction of sp³-hybridized carbons (Fsp3) is 0.680. The molecule has 1 saturated heterocycles. The predicted octanol–water partition coefficient (Wildman–Crippen LogP) is 3.14. The Hall–Kier alpha value is -2.75. The van der Waals surface area contributed by atoms with Crippen LogP contribution in [0.3, 0.4) is 0 Å². The number of alkyl halides is 5. The minimum absolute atomic E-state index is 0.0658. The number of aromatic nitrogens is 6. The zero-order valence-corrected chi connectivity index (χ0v) is 21.9. The summed E-state index contributed by atoms with van der Waals surface area (Å²) in [5.41, 5.74) is 1.34. The first-order chi connectivity index (χ1) is 18.9. The van der Waals surface area contributed by atoms with Gasteiger partial charge in [0.15, 0.2) is 0 Å². The molecule has 3 aromatic heterocycles. The molecule has 4 N–H and O–H groups in total. The van der Waals surface area contributed by atoms with Crippen molar-refractivity contribution in [3.8, 4) is 0 Å². The Morgan fingerprint density at radius 2 is 2.00 bits per heavy atom. The highest BCUT2D eigenvalue weighted by Crippen LogP contribution is 2.42. The first-order valence-corrected chi connectivity index (χ1v) is 13.5. The second kappa shape index (κ2) is 11.3. The van der Waals surface area contributed by atoms with E-state index in [0.29, 0.717) is 23.6 Å². The minimum atomic E-state index is -4.37. The van der Waals surface area contributed by atoms with Crippen molar-refractivity contribution < 1.29 is 32.2 Å². The van der Waals surface area contributed by atoms with Crippen LogP contribution in [0.4, 0.5) is 22.0 Å². The number of nitrogens with zero attached hydrogens (tertiary/aromatic N) is 6. The van der Waals surface area contributed by atoms with Crippen molar-refractivity contribution in [2.75, 3.05) is 6.54 Å². The molecular weight excluding hydrogens is 539 g/mol. The Kier molecular flexibility index (Phi) is 8.10. The summed E-state index contributed by atoms with van der Waals surface area (Å²) >= 11 is 0. The van der Waals surface area contributed by atoms with Crippen LogP contribution in [0.5, 0.6) is 0 Å². The van der Waals surface area contributed by atoms with E-state index in [0.717, 1.165) is 0 Å². The van der Waals surface area contributed by atoms with Crippen LogP contribution in [0.25, 0.3) is 5.78 Å². The van der Waals surface area contributed by atoms with Gasteiger partial charge >= 0.3 is 6.18 Å². The molecule has 0 spiro atoms. The number of imidazole rings is 1. The summed E-state index contributed by atoms with van der Waals surface area (Å²) in [6.45, 7) is 2.07. The van der Waals surface area contributed by atoms with Crippen molar-refractivity contribution in [3.63, 3.8) is 0 Å². The van der Waals surface area contributed by atoms with Crippen LogP contribution in [0.2, 0.25) is 0 Å². The van der Waals surface area contributed by atoms with Gasteiger partial charge in [-0.2, -0.15) is 23.4 Å². The molecule has 3 aromatic rings. The van der Waals surface area contributed by atoms with Crippen molar-refractivity contribution in [1.82, 2.24) is 40.0 Å². The first-order valence-electron chi connectivity index (χ1n) is 13.5. The summed E-state index contributed by atoms with van der Waals surface area (Å²) in [5.74, 6) is -5.05. The monoisotopic (exact) mass is 572 g/mol. The largest absolute Gasteiger partial charge is 0.393 e. The molecule has 1 saturated carbocycles. The van der Waals surface area contributed by atoms with Crippen LogP contribution in [0.15, 0.2) is 24.7 Å². The Labute approximate surface area is 227 Å². The maximum absolute atomic E-state index is 13.9. The van der Waals surface area contributed by atoms with E-state index in [1.165, 1.54) is 10.7 Å². The highest BCUT2D eigenvalue weighted by atomic mass is 19.4. The number of halogens is 5. The topological polar surface area (TPSA) is 125 Å². The number of aryl methyl sites for hydroxylation is 1. The molecular formula is C25H33F5N8O2. The van der Waals surface area contributed by atoms with E-state index in [9.17, 15) is 32.2 Å². The van der Waals surface area contributed by atoms with Crippen LogP contribution < -0.4 is 10.6 Å². The van der Waals surface area contributed by atoms with Crippen molar-refractivity contribution in [2.45, 2.75) is 82.6 Å². The Bertz CT molecular complexity index is 1290. The van der Waals surface area contributed by atoms with Gasteiger partial charge in [0.1, 0.15) is 12.5 Å². The molecule has 5 atom stereocenters. The fourth-order valence-corrected chi connectivity index (χ4v) is 5.75. The number of aliphatic hydroxyl groups is 2. The number of fused-ring (bicyclic) bond motifs is 1. The third kappa shape index (κ3) is 6.26. The van der Waals surface area contributed by atoms with Gasteiger partial charge in [0.05, 0.1) is 41.4 Å². The minimum Gasteiger partial charge on any atom is -0.378 e. The Morgan fingerprint density at radius 3 is 2.70 bits per heavy atom. The van der Waals surface area contributed by atoms with Gasteiger partial charge in [-0.15, -0.1) is 0 Å². The average molecular weight is 573 g/mol. The Balaban J connectivity index is 1.38. The molecule has 40 heavy (non-hydrogen) atoms. The van der Waals surface area contributed by atoms with Gasteiger partial charge < -0.3 is 10.2 Å². The summed E-state index contributed by atoms with van der Waals surface area (Å²) in [5, 5.41) is 35.6. The zero-order valence-electron chi connectivity index (χ0n) is 21.9. The van der Waals surface area contributed by atoms with Crippen molar-refractivity contribution >= 4 is 5.78 Å². The van der Waals surface area contributed by atoms with Crippen molar-refractivity contribution in [3.05, 3.63) is 41.7 Å². The van der Waals surface area contributed by atoms with Crippen LogP contribution >= 0.6 is 0 Å². The van der Waals surface area contributed by atoms with Crippen LogP contribution in [0, 0.1) is 17.8 Å². The maximum atomic E-state index is 13.9. The van der Waals surface area contributed by atoms with E-state index in [4.69, 9.17) is 0 Å². The summed E-state index contributed by atoms with van der Waals surface area (Å²) < 4.78 is 70.7. The van der Waals surface area contributed by atoms with Crippen LogP contribution in [-0.4, -0.2) is 64.4 Å². The molecule has 2 fully saturated rings. The lowest BCUT2D eigenvalue weighted by Gasteiger charge is -2.34. The predicted molar refractivity (Wildman–Crippen MR) is 132 cm³/mol. The second-order valence-corrected chi connectivity index (χ2v) is 10.8. The molecule has 0 radical (unpaired) electrons. The van der Waals surface area contributed by atoms with E-state index in [2.05, 4.69) is 30.8 Å². The van der Waals surface area contributed by atoms with Gasteiger partial charge in [0.25, 0.3) is 5.78 Å². The summed E-state index contributed by atoms with van der Waals surface area (Å²) in [7, 11) is 0. The van der Waals surface area contributed by atoms with E-state index in [1.807, 2.05) is 6.92 Å². The van der Waals surface area contributed by atoms with Gasteiger partial charge in [0.2, 0.25) is 5.92 Å². The quantitative estimate of drug-likeness (QED) is 0.240. The lowest BCUT2D eigenvalue weighted by atomic mass is 9.81. The van der Waals surface area contributed by atoms with Gasteiger partial charge in [-0.25, -0.2) is 23.3 Å². The molecule has 0 amide bonds. The fourth-order valence-electron chi connectivity index (χ4n) is 5.75. The molecule has 10 nitrogen and oxygen atoms in total. The van der Waals surface area contributed by atoms with E-state index in [1.54, 1.807) is 23.1 Å². The molecule has 2 unspecified atom stereocenters. The van der Waals surface area contributed by atoms with E-state index in [-0.39, 0.29) is 56.8 Å². The zero-order chi connectivity index (χ0) is 28.7. The lowest BCUT2D eigenvalue weighted by molar-refractivity contribution is -0.190. The average Bonchev–Trinajstić information content (AvgIpc) is 3.55. The molecule has 0 aromatic carbocycles. The summed E-state index contributed by atoms with van der Waals surface area (Å²) in [4.78, 5) is 8.85. The molecule has 5 rings (SSSR count). The van der Waals surface area contributed by atoms with Crippen LogP contribution in [0.1, 0.15) is 68.4 Å². The summed E-state index contributed by atoms with van der Waals surface area (Å²) in [6, 6.07) is 1.07. The van der Waals surface area contributed by atoms with Crippen molar-refractivity contribution in [1.29, 1.82) is 0 Å². The Morgan fingerprint density at radius 1 is 1.25 bits per heavy atom. The molecule has 15 heteroatoms. The number of piperidine rings is 1. The number of hydrogen-bond acceptors (Lipinski definition) is 8. The molecule has 220 valence electrons. The first kappa shape index (κ1) is 28.8. The number of hydrogen-bond donors (Lipinski definition) is 4. The van der Waals surface area contributed by atoms with Gasteiger partial charge in [0, 0.05) is 38.0 Å². The molecule has 2 aliphatic rings. The van der Waals surface area contributed by atoms with E-state index >= 15 is 0 Å². The summed E-state index contributed by atoms with van der Waals surface area (Å²) in [6.07, 6.45) is -2.33. The van der Waals surface area contributed by atoms with E-state index < -0.39 is 42.4 Å². The lowest BCUT2D eigenvalue weighted by Crippen LogP contribution is -2.50. The molecule has 1 aliphatic heterocycles. The van der Waals surface area contributed by atoms with Gasteiger partial charge in [-0.1, -0.05) is 0 Å². The van der Waals surface area contributed by atoms with Gasteiger partial charge in [-0.3, -0.25) is 15.3 Å². The highest BCUT2D eigenvalue weighted by Gasteiger charge is 2.45. The smallest absolute Gasteiger partial charge is 0.378 e. The second-order valence-electron chi connectivity index (χ2n) is 10.8. The molecule has 4 heterocycles. The third-order valence-electron chi connectivity index (χ3n) is 8.01. The molecule has 0 bridgehead atoms. The van der Waals surface area contributed by atoms with Crippen molar-refractivity contribution in [2.24, 2.45) is 17.8 Å². The van der Waals surface area contributed by atoms with Gasteiger partial charge in [-0.05, 0) is 44.6 Å². The highest BCUT2D eigenvalue weighted by molar-refractivity contribution is 5.30. The third-order valence-corrected chi connectivity index (χ3v) is 8.01.